The van der Waals surface area contributed by atoms with E-state index in [1.807, 2.05) is 18.7 Å². The standard InChI is InChI=1S/C16H22F3N3O/c1-12(2)11-20-15(23)22-9-7-21(8-10-22)14-5-3-13(4-6-14)16(17,18)19/h3-6,12H,7-11H2,1-2H3,(H,20,23). The zero-order valence-electron chi connectivity index (χ0n) is 13.4. The van der Waals surface area contributed by atoms with E-state index < -0.39 is 11.7 Å². The summed E-state index contributed by atoms with van der Waals surface area (Å²) < 4.78 is 37.7. The van der Waals surface area contributed by atoms with Gasteiger partial charge in [0.05, 0.1) is 5.56 Å². The number of hydrogen-bond acceptors (Lipinski definition) is 2. The van der Waals surface area contributed by atoms with E-state index in [9.17, 15) is 18.0 Å². The molecule has 0 aliphatic carbocycles. The highest BCUT2D eigenvalue weighted by molar-refractivity contribution is 5.74. The molecule has 0 saturated carbocycles. The summed E-state index contributed by atoms with van der Waals surface area (Å²) in [5.74, 6) is 0.396. The SMILES string of the molecule is CC(C)CNC(=O)N1CCN(c2ccc(C(F)(F)F)cc2)CC1. The van der Waals surface area contributed by atoms with Gasteiger partial charge >= 0.3 is 12.2 Å². The highest BCUT2D eigenvalue weighted by Crippen LogP contribution is 2.30. The van der Waals surface area contributed by atoms with Crippen LogP contribution in [0.5, 0.6) is 0 Å². The molecule has 0 unspecified atom stereocenters. The van der Waals surface area contributed by atoms with Crippen LogP contribution >= 0.6 is 0 Å². The number of nitrogens with zero attached hydrogens (tertiary/aromatic N) is 2. The van der Waals surface area contributed by atoms with Gasteiger partial charge in [-0.2, -0.15) is 13.2 Å². The Morgan fingerprint density at radius 2 is 1.70 bits per heavy atom. The van der Waals surface area contributed by atoms with Crippen molar-refractivity contribution >= 4 is 11.7 Å². The Kier molecular flexibility index (Phi) is 5.38. The van der Waals surface area contributed by atoms with Crippen molar-refractivity contribution in [3.8, 4) is 0 Å². The van der Waals surface area contributed by atoms with E-state index in [2.05, 4.69) is 5.32 Å². The number of anilines is 1. The van der Waals surface area contributed by atoms with Gasteiger partial charge in [0.15, 0.2) is 0 Å². The van der Waals surface area contributed by atoms with Gasteiger partial charge in [0.2, 0.25) is 0 Å². The zero-order valence-corrected chi connectivity index (χ0v) is 13.4. The van der Waals surface area contributed by atoms with Gasteiger partial charge in [-0.1, -0.05) is 13.8 Å². The monoisotopic (exact) mass is 329 g/mol. The second-order valence-electron chi connectivity index (χ2n) is 6.10. The van der Waals surface area contributed by atoms with Crippen molar-refractivity contribution in [3.63, 3.8) is 0 Å². The minimum absolute atomic E-state index is 0.0780. The first kappa shape index (κ1) is 17.4. The normalized spacial score (nSPS) is 15.9. The molecule has 1 heterocycles. The summed E-state index contributed by atoms with van der Waals surface area (Å²) in [6, 6.07) is 5.08. The average molecular weight is 329 g/mol. The maximum atomic E-state index is 12.6. The molecule has 0 bridgehead atoms. The summed E-state index contributed by atoms with van der Waals surface area (Å²) in [5.41, 5.74) is 0.105. The number of hydrogen-bond donors (Lipinski definition) is 1. The lowest BCUT2D eigenvalue weighted by Gasteiger charge is -2.36. The smallest absolute Gasteiger partial charge is 0.368 e. The molecule has 7 heteroatoms. The first-order valence-corrected chi connectivity index (χ1v) is 7.72. The van der Waals surface area contributed by atoms with Gasteiger partial charge in [0.25, 0.3) is 0 Å². The highest BCUT2D eigenvalue weighted by atomic mass is 19.4. The van der Waals surface area contributed by atoms with Gasteiger partial charge in [0.1, 0.15) is 0 Å². The number of rotatable bonds is 3. The fourth-order valence-electron chi connectivity index (χ4n) is 2.43. The van der Waals surface area contributed by atoms with E-state index >= 15 is 0 Å². The minimum atomic E-state index is -4.31. The fraction of sp³-hybridized carbons (Fsp3) is 0.562. The summed E-state index contributed by atoms with van der Waals surface area (Å²) in [5, 5.41) is 2.87. The maximum Gasteiger partial charge on any atom is 0.416 e. The van der Waals surface area contributed by atoms with Gasteiger partial charge in [0, 0.05) is 38.4 Å². The lowest BCUT2D eigenvalue weighted by molar-refractivity contribution is -0.137. The number of urea groups is 1. The minimum Gasteiger partial charge on any atom is -0.368 e. The third kappa shape index (κ3) is 4.77. The van der Waals surface area contributed by atoms with E-state index in [4.69, 9.17) is 0 Å². The Hall–Kier alpha value is -1.92. The molecule has 0 spiro atoms. The summed E-state index contributed by atoms with van der Waals surface area (Å²) in [6.45, 7) is 7.04. The predicted molar refractivity (Wildman–Crippen MR) is 83.5 cm³/mol. The quantitative estimate of drug-likeness (QED) is 0.924. The average Bonchev–Trinajstić information content (AvgIpc) is 2.52. The molecule has 23 heavy (non-hydrogen) atoms. The van der Waals surface area contributed by atoms with Gasteiger partial charge in [-0.05, 0) is 30.2 Å². The van der Waals surface area contributed by atoms with Crippen molar-refractivity contribution in [1.29, 1.82) is 0 Å². The molecule has 1 aliphatic heterocycles. The topological polar surface area (TPSA) is 35.6 Å². The Morgan fingerprint density at radius 1 is 1.13 bits per heavy atom. The third-order valence-corrected chi connectivity index (χ3v) is 3.79. The number of nitrogens with one attached hydrogen (secondary N) is 1. The number of halogens is 3. The molecular formula is C16H22F3N3O. The molecule has 1 N–H and O–H groups in total. The van der Waals surface area contributed by atoms with Crippen molar-refractivity contribution in [2.75, 3.05) is 37.6 Å². The maximum absolute atomic E-state index is 12.6. The van der Waals surface area contributed by atoms with Crippen LogP contribution < -0.4 is 10.2 Å². The predicted octanol–water partition coefficient (Wildman–Crippen LogP) is 3.19. The lowest BCUT2D eigenvalue weighted by Crippen LogP contribution is -2.52. The first-order valence-electron chi connectivity index (χ1n) is 7.72. The number of carbonyl (C=O) groups is 1. The largest absolute Gasteiger partial charge is 0.416 e. The molecule has 0 radical (unpaired) electrons. The summed E-state index contributed by atoms with van der Waals surface area (Å²) in [7, 11) is 0. The van der Waals surface area contributed by atoms with Crippen LogP contribution in [-0.4, -0.2) is 43.7 Å². The molecule has 1 aromatic rings. The van der Waals surface area contributed by atoms with Crippen molar-refractivity contribution in [1.82, 2.24) is 10.2 Å². The van der Waals surface area contributed by atoms with Gasteiger partial charge in [-0.25, -0.2) is 4.79 Å². The summed E-state index contributed by atoms with van der Waals surface area (Å²) in [4.78, 5) is 15.7. The number of piperazine rings is 1. The van der Waals surface area contributed by atoms with Crippen LogP contribution in [0, 0.1) is 5.92 Å². The molecular weight excluding hydrogens is 307 g/mol. The molecule has 2 rings (SSSR count). The van der Waals surface area contributed by atoms with E-state index in [1.54, 1.807) is 4.90 Å². The van der Waals surface area contributed by atoms with E-state index in [1.165, 1.54) is 12.1 Å². The second kappa shape index (κ2) is 7.10. The molecule has 1 aromatic carbocycles. The number of amides is 2. The first-order chi connectivity index (χ1) is 10.8. The summed E-state index contributed by atoms with van der Waals surface area (Å²) >= 11 is 0. The van der Waals surface area contributed by atoms with Crippen molar-refractivity contribution in [2.24, 2.45) is 5.92 Å². The van der Waals surface area contributed by atoms with Crippen LogP contribution in [0.4, 0.5) is 23.7 Å². The molecule has 0 atom stereocenters. The van der Waals surface area contributed by atoms with Gasteiger partial charge in [-0.15, -0.1) is 0 Å². The van der Waals surface area contributed by atoms with Crippen LogP contribution in [0.1, 0.15) is 19.4 Å². The fourth-order valence-corrected chi connectivity index (χ4v) is 2.43. The Morgan fingerprint density at radius 3 is 2.17 bits per heavy atom. The Labute approximate surface area is 134 Å². The number of carbonyl (C=O) groups excluding carboxylic acids is 1. The zero-order chi connectivity index (χ0) is 17.0. The third-order valence-electron chi connectivity index (χ3n) is 3.79. The molecule has 1 aliphatic rings. The van der Waals surface area contributed by atoms with Crippen LogP contribution in [0.15, 0.2) is 24.3 Å². The van der Waals surface area contributed by atoms with Gasteiger partial charge in [-0.3, -0.25) is 0 Å². The Balaban J connectivity index is 1.88. The molecule has 128 valence electrons. The van der Waals surface area contributed by atoms with E-state index in [0.717, 1.165) is 17.8 Å². The summed E-state index contributed by atoms with van der Waals surface area (Å²) in [6.07, 6.45) is -4.31. The van der Waals surface area contributed by atoms with E-state index in [-0.39, 0.29) is 6.03 Å². The van der Waals surface area contributed by atoms with Crippen LogP contribution in [0.3, 0.4) is 0 Å². The van der Waals surface area contributed by atoms with Gasteiger partial charge < -0.3 is 15.1 Å². The molecule has 1 saturated heterocycles. The van der Waals surface area contributed by atoms with Crippen molar-refractivity contribution < 1.29 is 18.0 Å². The second-order valence-corrected chi connectivity index (χ2v) is 6.10. The molecule has 4 nitrogen and oxygen atoms in total. The molecule has 1 fully saturated rings. The number of alkyl halides is 3. The highest BCUT2D eigenvalue weighted by Gasteiger charge is 2.30. The van der Waals surface area contributed by atoms with E-state index in [0.29, 0.717) is 38.6 Å². The molecule has 2 amide bonds. The Bertz CT molecular complexity index is 520. The van der Waals surface area contributed by atoms with Crippen LogP contribution in [0.2, 0.25) is 0 Å². The van der Waals surface area contributed by atoms with Crippen LogP contribution in [-0.2, 0) is 6.18 Å². The van der Waals surface area contributed by atoms with Crippen molar-refractivity contribution in [2.45, 2.75) is 20.0 Å². The number of benzene rings is 1. The van der Waals surface area contributed by atoms with Crippen molar-refractivity contribution in [3.05, 3.63) is 29.8 Å². The lowest BCUT2D eigenvalue weighted by atomic mass is 10.1. The van der Waals surface area contributed by atoms with Crippen LogP contribution in [0.25, 0.3) is 0 Å². The molecule has 0 aromatic heterocycles.